The predicted molar refractivity (Wildman–Crippen MR) is 82.4 cm³/mol. The van der Waals surface area contributed by atoms with E-state index in [0.717, 1.165) is 19.6 Å². The maximum atomic E-state index is 11.8. The highest BCUT2D eigenvalue weighted by Crippen LogP contribution is 2.04. The van der Waals surface area contributed by atoms with Gasteiger partial charge in [0.25, 0.3) is 0 Å². The lowest BCUT2D eigenvalue weighted by molar-refractivity contribution is -0.122. The van der Waals surface area contributed by atoms with E-state index in [1.165, 1.54) is 11.1 Å². The molecule has 1 fully saturated rings. The van der Waals surface area contributed by atoms with Crippen LogP contribution in [0.5, 0.6) is 0 Å². The van der Waals surface area contributed by atoms with Crippen molar-refractivity contribution >= 4 is 18.3 Å². The lowest BCUT2D eigenvalue weighted by Gasteiger charge is -2.23. The Labute approximate surface area is 126 Å². The number of aryl methyl sites for hydroxylation is 1. The summed E-state index contributed by atoms with van der Waals surface area (Å²) in [5, 5.41) is 6.24. The quantitative estimate of drug-likeness (QED) is 0.865. The first kappa shape index (κ1) is 17.0. The Bertz CT molecular complexity index is 420. The summed E-state index contributed by atoms with van der Waals surface area (Å²) in [6, 6.07) is 8.54. The first-order valence-electron chi connectivity index (χ1n) is 6.87. The Hall–Kier alpha value is -1.10. The van der Waals surface area contributed by atoms with Crippen LogP contribution in [0.1, 0.15) is 17.5 Å². The molecule has 1 atom stereocenters. The topological polar surface area (TPSA) is 50.4 Å². The SMILES string of the molecule is Cc1cccc(CCNC(=O)CC2COCCN2)c1.Cl. The highest BCUT2D eigenvalue weighted by atomic mass is 35.5. The van der Waals surface area contributed by atoms with E-state index >= 15 is 0 Å². The van der Waals surface area contributed by atoms with Gasteiger partial charge in [-0.1, -0.05) is 29.8 Å². The molecule has 0 aromatic heterocycles. The van der Waals surface area contributed by atoms with Crippen molar-refractivity contribution in [3.63, 3.8) is 0 Å². The maximum absolute atomic E-state index is 11.8. The molecule has 1 heterocycles. The molecule has 1 aliphatic heterocycles. The van der Waals surface area contributed by atoms with E-state index in [0.29, 0.717) is 19.6 Å². The van der Waals surface area contributed by atoms with E-state index in [2.05, 4.69) is 41.8 Å². The van der Waals surface area contributed by atoms with Crippen molar-refractivity contribution in [1.29, 1.82) is 0 Å². The second kappa shape index (κ2) is 8.95. The van der Waals surface area contributed by atoms with E-state index in [9.17, 15) is 4.79 Å². The molecular weight excluding hydrogens is 276 g/mol. The zero-order chi connectivity index (χ0) is 13.5. The number of carbonyl (C=O) groups is 1. The summed E-state index contributed by atoms with van der Waals surface area (Å²) < 4.78 is 5.33. The lowest BCUT2D eigenvalue weighted by Crippen LogP contribution is -2.44. The van der Waals surface area contributed by atoms with E-state index in [-0.39, 0.29) is 24.4 Å². The number of ether oxygens (including phenoxy) is 1. The minimum Gasteiger partial charge on any atom is -0.378 e. The highest BCUT2D eigenvalue weighted by Gasteiger charge is 2.16. The standard InChI is InChI=1S/C15H22N2O2.ClH/c1-12-3-2-4-13(9-12)5-6-17-15(18)10-14-11-19-8-7-16-14;/h2-4,9,14,16H,5-8,10-11H2,1H3,(H,17,18);1H. The van der Waals surface area contributed by atoms with Crippen LogP contribution in [0.25, 0.3) is 0 Å². The van der Waals surface area contributed by atoms with Crippen molar-refractivity contribution in [2.45, 2.75) is 25.8 Å². The molecule has 112 valence electrons. The zero-order valence-corrected chi connectivity index (χ0v) is 12.7. The lowest BCUT2D eigenvalue weighted by atomic mass is 10.1. The summed E-state index contributed by atoms with van der Waals surface area (Å²) in [6.07, 6.45) is 1.37. The summed E-state index contributed by atoms with van der Waals surface area (Å²) in [5.41, 5.74) is 2.52. The van der Waals surface area contributed by atoms with Gasteiger partial charge in [0.1, 0.15) is 0 Å². The zero-order valence-electron chi connectivity index (χ0n) is 11.9. The molecule has 0 spiro atoms. The molecule has 1 aromatic carbocycles. The average Bonchev–Trinajstić information content (AvgIpc) is 2.40. The molecule has 5 heteroatoms. The van der Waals surface area contributed by atoms with Gasteiger partial charge in [0.2, 0.25) is 5.91 Å². The van der Waals surface area contributed by atoms with Crippen molar-refractivity contribution in [2.75, 3.05) is 26.3 Å². The van der Waals surface area contributed by atoms with E-state index < -0.39 is 0 Å². The predicted octanol–water partition coefficient (Wildman–Crippen LogP) is 1.45. The highest BCUT2D eigenvalue weighted by molar-refractivity contribution is 5.85. The van der Waals surface area contributed by atoms with E-state index in [4.69, 9.17) is 4.74 Å². The van der Waals surface area contributed by atoms with Crippen LogP contribution in [0.15, 0.2) is 24.3 Å². The fourth-order valence-corrected chi connectivity index (χ4v) is 2.26. The van der Waals surface area contributed by atoms with Crippen molar-refractivity contribution in [3.05, 3.63) is 35.4 Å². The molecule has 1 aromatic rings. The van der Waals surface area contributed by atoms with Crippen molar-refractivity contribution in [1.82, 2.24) is 10.6 Å². The Balaban J connectivity index is 0.00000200. The molecule has 20 heavy (non-hydrogen) atoms. The second-order valence-electron chi connectivity index (χ2n) is 5.02. The van der Waals surface area contributed by atoms with Crippen LogP contribution in [0, 0.1) is 6.92 Å². The first-order valence-corrected chi connectivity index (χ1v) is 6.87. The van der Waals surface area contributed by atoms with Crippen LogP contribution >= 0.6 is 12.4 Å². The molecule has 1 unspecified atom stereocenters. The van der Waals surface area contributed by atoms with Gasteiger partial charge in [0, 0.05) is 25.6 Å². The maximum Gasteiger partial charge on any atom is 0.221 e. The Kier molecular flexibility index (Phi) is 7.59. The van der Waals surface area contributed by atoms with Crippen LogP contribution < -0.4 is 10.6 Å². The third-order valence-corrected chi connectivity index (χ3v) is 3.25. The third kappa shape index (κ3) is 5.90. The largest absolute Gasteiger partial charge is 0.378 e. The van der Waals surface area contributed by atoms with Gasteiger partial charge in [0.15, 0.2) is 0 Å². The van der Waals surface area contributed by atoms with Gasteiger partial charge >= 0.3 is 0 Å². The number of hydrogen-bond acceptors (Lipinski definition) is 3. The smallest absolute Gasteiger partial charge is 0.221 e. The molecule has 1 aliphatic rings. The third-order valence-electron chi connectivity index (χ3n) is 3.25. The molecular formula is C15H23ClN2O2. The molecule has 1 saturated heterocycles. The van der Waals surface area contributed by atoms with E-state index in [1.54, 1.807) is 0 Å². The summed E-state index contributed by atoms with van der Waals surface area (Å²) in [4.78, 5) is 11.8. The summed E-state index contributed by atoms with van der Waals surface area (Å²) in [7, 11) is 0. The van der Waals surface area contributed by atoms with Gasteiger partial charge < -0.3 is 15.4 Å². The normalized spacial score (nSPS) is 18.1. The first-order chi connectivity index (χ1) is 9.24. The molecule has 0 radical (unpaired) electrons. The van der Waals surface area contributed by atoms with Crippen molar-refractivity contribution < 1.29 is 9.53 Å². The van der Waals surface area contributed by atoms with Gasteiger partial charge in [-0.05, 0) is 18.9 Å². The Morgan fingerprint density at radius 3 is 3.05 bits per heavy atom. The minimum absolute atomic E-state index is 0. The summed E-state index contributed by atoms with van der Waals surface area (Å²) in [5.74, 6) is 0.0932. The number of morpholine rings is 1. The Morgan fingerprint density at radius 2 is 2.35 bits per heavy atom. The van der Waals surface area contributed by atoms with Gasteiger partial charge in [-0.2, -0.15) is 0 Å². The van der Waals surface area contributed by atoms with Crippen LogP contribution in [-0.4, -0.2) is 38.3 Å². The van der Waals surface area contributed by atoms with Crippen LogP contribution in [-0.2, 0) is 16.0 Å². The van der Waals surface area contributed by atoms with Crippen molar-refractivity contribution in [3.8, 4) is 0 Å². The minimum atomic E-state index is 0. The number of nitrogens with one attached hydrogen (secondary N) is 2. The number of amides is 1. The van der Waals surface area contributed by atoms with Gasteiger partial charge in [-0.25, -0.2) is 0 Å². The average molecular weight is 299 g/mol. The molecule has 0 aliphatic carbocycles. The molecule has 4 nitrogen and oxygen atoms in total. The fraction of sp³-hybridized carbons (Fsp3) is 0.533. The fourth-order valence-electron chi connectivity index (χ4n) is 2.26. The summed E-state index contributed by atoms with van der Waals surface area (Å²) in [6.45, 7) is 4.98. The number of hydrogen-bond donors (Lipinski definition) is 2. The Morgan fingerprint density at radius 1 is 1.50 bits per heavy atom. The number of carbonyl (C=O) groups excluding carboxylic acids is 1. The van der Waals surface area contributed by atoms with Crippen LogP contribution in [0.2, 0.25) is 0 Å². The van der Waals surface area contributed by atoms with E-state index in [1.807, 2.05) is 0 Å². The summed E-state index contributed by atoms with van der Waals surface area (Å²) >= 11 is 0. The van der Waals surface area contributed by atoms with Crippen LogP contribution in [0.3, 0.4) is 0 Å². The van der Waals surface area contributed by atoms with Gasteiger partial charge in [0.05, 0.1) is 13.2 Å². The van der Waals surface area contributed by atoms with Crippen LogP contribution in [0.4, 0.5) is 0 Å². The molecule has 0 saturated carbocycles. The second-order valence-corrected chi connectivity index (χ2v) is 5.02. The molecule has 1 amide bonds. The number of halogens is 1. The molecule has 2 rings (SSSR count). The molecule has 0 bridgehead atoms. The monoisotopic (exact) mass is 298 g/mol. The van der Waals surface area contributed by atoms with Crippen molar-refractivity contribution in [2.24, 2.45) is 0 Å². The van der Waals surface area contributed by atoms with Gasteiger partial charge in [-0.3, -0.25) is 4.79 Å². The molecule has 2 N–H and O–H groups in total. The van der Waals surface area contributed by atoms with Gasteiger partial charge in [-0.15, -0.1) is 12.4 Å². The number of benzene rings is 1. The number of rotatable bonds is 5.